The fraction of sp³-hybridized carbons (Fsp3) is 1.00. The van der Waals surface area contributed by atoms with Gasteiger partial charge in [-0.15, -0.1) is 0 Å². The van der Waals surface area contributed by atoms with Crippen LogP contribution in [0.25, 0.3) is 0 Å². The molecular formula is C18H38O5Si. The molecule has 0 spiro atoms. The molecule has 0 aliphatic carbocycles. The molecule has 1 fully saturated rings. The van der Waals surface area contributed by atoms with E-state index in [0.29, 0.717) is 13.2 Å². The first-order valence-corrected chi connectivity index (χ1v) is 11.8. The van der Waals surface area contributed by atoms with Gasteiger partial charge in [0.05, 0.1) is 13.2 Å². The second kappa shape index (κ2) is 11.6. The number of rotatable bonds is 13. The van der Waals surface area contributed by atoms with Gasteiger partial charge in [-0.1, -0.05) is 41.0 Å². The van der Waals surface area contributed by atoms with Crippen LogP contribution in [0.15, 0.2) is 0 Å². The van der Waals surface area contributed by atoms with Crippen molar-refractivity contribution in [2.75, 3.05) is 26.4 Å². The monoisotopic (exact) mass is 362 g/mol. The molecule has 1 saturated heterocycles. The summed E-state index contributed by atoms with van der Waals surface area (Å²) in [5.41, 5.74) is 0. The maximum Gasteiger partial charge on any atom is 0.501 e. The summed E-state index contributed by atoms with van der Waals surface area (Å²) >= 11 is 0. The average Bonchev–Trinajstić information content (AvgIpc) is 2.63. The molecule has 0 bridgehead atoms. The standard InChI is InChI=1S/C18H38O5Si/c1-6-12-21-24(16-8-3,22-13-7-2)23-17(9-4)18(10-5)19-14-11-15-20-18/h17H,6-16H2,1-5H3. The predicted octanol–water partition coefficient (Wildman–Crippen LogP) is 4.53. The fourth-order valence-electron chi connectivity index (χ4n) is 3.04. The molecule has 0 radical (unpaired) electrons. The Morgan fingerprint density at radius 2 is 1.50 bits per heavy atom. The molecular weight excluding hydrogens is 324 g/mol. The Morgan fingerprint density at radius 3 is 1.92 bits per heavy atom. The van der Waals surface area contributed by atoms with Gasteiger partial charge in [0, 0.05) is 25.7 Å². The van der Waals surface area contributed by atoms with E-state index in [4.69, 9.17) is 22.8 Å². The molecule has 0 saturated carbocycles. The third-order valence-electron chi connectivity index (χ3n) is 4.27. The molecule has 1 heterocycles. The van der Waals surface area contributed by atoms with Gasteiger partial charge >= 0.3 is 8.80 Å². The molecule has 1 unspecified atom stereocenters. The zero-order valence-corrected chi connectivity index (χ0v) is 17.4. The van der Waals surface area contributed by atoms with Crippen LogP contribution in [0.1, 0.15) is 73.1 Å². The molecule has 0 N–H and O–H groups in total. The van der Waals surface area contributed by atoms with Gasteiger partial charge in [-0.05, 0) is 25.7 Å². The molecule has 1 aliphatic rings. The Morgan fingerprint density at radius 1 is 0.917 bits per heavy atom. The van der Waals surface area contributed by atoms with E-state index < -0.39 is 14.6 Å². The maximum atomic E-state index is 6.61. The van der Waals surface area contributed by atoms with E-state index in [9.17, 15) is 0 Å². The summed E-state index contributed by atoms with van der Waals surface area (Å²) in [6, 6.07) is 0.837. The summed E-state index contributed by atoms with van der Waals surface area (Å²) in [5, 5.41) is 0. The van der Waals surface area contributed by atoms with E-state index in [0.717, 1.165) is 57.8 Å². The Balaban J connectivity index is 2.96. The molecule has 0 amide bonds. The molecule has 1 rings (SSSR count). The Labute approximate surface area is 149 Å². The van der Waals surface area contributed by atoms with Crippen molar-refractivity contribution in [2.45, 2.75) is 91.1 Å². The van der Waals surface area contributed by atoms with E-state index in [1.165, 1.54) is 0 Å². The van der Waals surface area contributed by atoms with Crippen LogP contribution < -0.4 is 0 Å². The molecule has 1 aliphatic heterocycles. The smallest absolute Gasteiger partial charge is 0.373 e. The van der Waals surface area contributed by atoms with Crippen molar-refractivity contribution in [3.63, 3.8) is 0 Å². The van der Waals surface area contributed by atoms with Gasteiger partial charge in [0.2, 0.25) is 0 Å². The molecule has 0 aromatic heterocycles. The van der Waals surface area contributed by atoms with Crippen molar-refractivity contribution in [2.24, 2.45) is 0 Å². The lowest BCUT2D eigenvalue weighted by Crippen LogP contribution is -2.58. The van der Waals surface area contributed by atoms with Gasteiger partial charge < -0.3 is 22.8 Å². The zero-order chi connectivity index (χ0) is 17.9. The van der Waals surface area contributed by atoms with Gasteiger partial charge in [-0.2, -0.15) is 0 Å². The van der Waals surface area contributed by atoms with Crippen LogP contribution in [0.2, 0.25) is 6.04 Å². The first kappa shape index (κ1) is 22.1. The van der Waals surface area contributed by atoms with E-state index >= 15 is 0 Å². The highest BCUT2D eigenvalue weighted by Crippen LogP contribution is 2.34. The number of hydrogen-bond donors (Lipinski definition) is 0. The van der Waals surface area contributed by atoms with Crippen LogP contribution in [0.3, 0.4) is 0 Å². The highest BCUT2D eigenvalue weighted by molar-refractivity contribution is 6.60. The third-order valence-corrected chi connectivity index (χ3v) is 7.31. The first-order chi connectivity index (χ1) is 11.6. The van der Waals surface area contributed by atoms with Crippen molar-refractivity contribution in [1.29, 1.82) is 0 Å². The van der Waals surface area contributed by atoms with Gasteiger partial charge in [-0.25, -0.2) is 0 Å². The molecule has 1 atom stereocenters. The largest absolute Gasteiger partial charge is 0.501 e. The predicted molar refractivity (Wildman–Crippen MR) is 98.0 cm³/mol. The minimum absolute atomic E-state index is 0.158. The lowest BCUT2D eigenvalue weighted by Gasteiger charge is -2.44. The minimum atomic E-state index is -2.73. The van der Waals surface area contributed by atoms with Crippen LogP contribution in [0.4, 0.5) is 0 Å². The SMILES string of the molecule is CCCO[Si](CCC)(OCCC)OC(CC)C1(CC)OCCCO1. The second-order valence-corrected chi connectivity index (χ2v) is 9.04. The van der Waals surface area contributed by atoms with Gasteiger partial charge in [0.25, 0.3) is 0 Å². The maximum absolute atomic E-state index is 6.61. The van der Waals surface area contributed by atoms with E-state index in [2.05, 4.69) is 34.6 Å². The molecule has 0 aromatic carbocycles. The summed E-state index contributed by atoms with van der Waals surface area (Å²) in [7, 11) is -2.73. The fourth-order valence-corrected chi connectivity index (χ4v) is 6.09. The Kier molecular flexibility index (Phi) is 10.7. The Bertz CT molecular complexity index is 313. The van der Waals surface area contributed by atoms with Gasteiger partial charge in [0.15, 0.2) is 5.79 Å². The van der Waals surface area contributed by atoms with Gasteiger partial charge in [0.1, 0.15) is 6.10 Å². The average molecular weight is 363 g/mol. The van der Waals surface area contributed by atoms with Crippen molar-refractivity contribution in [3.05, 3.63) is 0 Å². The van der Waals surface area contributed by atoms with E-state index in [-0.39, 0.29) is 6.10 Å². The van der Waals surface area contributed by atoms with Crippen LogP contribution in [-0.4, -0.2) is 47.1 Å². The molecule has 24 heavy (non-hydrogen) atoms. The van der Waals surface area contributed by atoms with Crippen molar-refractivity contribution >= 4 is 8.80 Å². The molecule has 5 nitrogen and oxygen atoms in total. The summed E-state index contributed by atoms with van der Waals surface area (Å²) in [6.07, 6.45) is 5.27. The number of hydrogen-bond acceptors (Lipinski definition) is 5. The lowest BCUT2D eigenvalue weighted by atomic mass is 10.0. The summed E-state index contributed by atoms with van der Waals surface area (Å²) in [5.74, 6) is -0.663. The summed E-state index contributed by atoms with van der Waals surface area (Å²) in [4.78, 5) is 0. The second-order valence-electron chi connectivity index (χ2n) is 6.36. The van der Waals surface area contributed by atoms with Gasteiger partial charge in [-0.3, -0.25) is 0 Å². The third kappa shape index (κ3) is 6.07. The van der Waals surface area contributed by atoms with Crippen LogP contribution >= 0.6 is 0 Å². The number of ether oxygens (including phenoxy) is 2. The first-order valence-electron chi connectivity index (χ1n) is 9.85. The lowest BCUT2D eigenvalue weighted by molar-refractivity contribution is -0.309. The van der Waals surface area contributed by atoms with E-state index in [1.807, 2.05) is 0 Å². The van der Waals surface area contributed by atoms with Crippen molar-refractivity contribution in [3.8, 4) is 0 Å². The molecule has 0 aromatic rings. The van der Waals surface area contributed by atoms with Crippen molar-refractivity contribution in [1.82, 2.24) is 0 Å². The molecule has 6 heteroatoms. The zero-order valence-electron chi connectivity index (χ0n) is 16.4. The van der Waals surface area contributed by atoms with Crippen LogP contribution in [-0.2, 0) is 22.8 Å². The van der Waals surface area contributed by atoms with Crippen LogP contribution in [0, 0.1) is 0 Å². The topological polar surface area (TPSA) is 46.2 Å². The highest BCUT2D eigenvalue weighted by atomic mass is 28.4. The van der Waals surface area contributed by atoms with Crippen LogP contribution in [0.5, 0.6) is 0 Å². The minimum Gasteiger partial charge on any atom is -0.373 e. The summed E-state index contributed by atoms with van der Waals surface area (Å²) in [6.45, 7) is 13.4. The van der Waals surface area contributed by atoms with Crippen molar-refractivity contribution < 1.29 is 22.8 Å². The quantitative estimate of drug-likeness (QED) is 0.451. The Hall–Kier alpha value is 0.0169. The molecule has 144 valence electrons. The summed E-state index contributed by atoms with van der Waals surface area (Å²) < 4.78 is 31.2. The normalized spacial score (nSPS) is 19.4. The highest BCUT2D eigenvalue weighted by Gasteiger charge is 2.49. The van der Waals surface area contributed by atoms with E-state index in [1.54, 1.807) is 0 Å².